The first kappa shape index (κ1) is 25.4. The number of pyridine rings is 1. The number of fused-ring (bicyclic) bond motifs is 4. The Morgan fingerprint density at radius 2 is 1.02 bits per heavy atom. The number of hydrogen-bond acceptors (Lipinski definition) is 2. The molecular weight excluding hydrogens is 546 g/mol. The van der Waals surface area contributed by atoms with E-state index in [1.165, 1.54) is 49.0 Å². The predicted octanol–water partition coefficient (Wildman–Crippen LogP) is 10.9. The molecule has 0 atom stereocenters. The van der Waals surface area contributed by atoms with Gasteiger partial charge in [-0.25, -0.2) is 4.98 Å². The average molecular weight is 574 g/mol. The Morgan fingerprint density at radius 1 is 0.444 bits per heavy atom. The Labute approximate surface area is 260 Å². The fourth-order valence-corrected chi connectivity index (χ4v) is 6.84. The van der Waals surface area contributed by atoms with Crippen LogP contribution in [0, 0.1) is 0 Å². The lowest BCUT2D eigenvalue weighted by atomic mass is 9.85. The van der Waals surface area contributed by atoms with Crippen LogP contribution in [0.2, 0.25) is 0 Å². The van der Waals surface area contributed by atoms with Gasteiger partial charge < -0.3 is 0 Å². The summed E-state index contributed by atoms with van der Waals surface area (Å²) in [5.74, 6) is 0.829. The van der Waals surface area contributed by atoms with Gasteiger partial charge in [0, 0.05) is 11.9 Å². The van der Waals surface area contributed by atoms with E-state index in [4.69, 9.17) is 4.98 Å². The smallest absolute Gasteiger partial charge is 0.164 e. The Bertz CT molecular complexity index is 2470. The summed E-state index contributed by atoms with van der Waals surface area (Å²) in [5.41, 5.74) is 8.74. The molecule has 0 unspecified atom stereocenters. The monoisotopic (exact) mass is 573 g/mol. The van der Waals surface area contributed by atoms with E-state index < -0.39 is 0 Å². The van der Waals surface area contributed by atoms with Crippen LogP contribution >= 0.6 is 0 Å². The van der Waals surface area contributed by atoms with Crippen molar-refractivity contribution in [2.75, 3.05) is 0 Å². The number of benzene rings is 7. The van der Waals surface area contributed by atoms with Gasteiger partial charge in [-0.15, -0.1) is 0 Å². The fourth-order valence-electron chi connectivity index (χ4n) is 6.84. The lowest BCUT2D eigenvalue weighted by molar-refractivity contribution is 1.08. The number of aromatic nitrogens is 3. The summed E-state index contributed by atoms with van der Waals surface area (Å²) in [7, 11) is 0. The maximum Gasteiger partial charge on any atom is 0.164 e. The molecule has 0 radical (unpaired) electrons. The zero-order valence-corrected chi connectivity index (χ0v) is 24.4. The van der Waals surface area contributed by atoms with Gasteiger partial charge in [0.2, 0.25) is 0 Å². The fraction of sp³-hybridized carbons (Fsp3) is 0. The number of rotatable bonds is 4. The van der Waals surface area contributed by atoms with Crippen molar-refractivity contribution in [3.8, 4) is 39.5 Å². The highest BCUT2D eigenvalue weighted by atomic mass is 15.1. The van der Waals surface area contributed by atoms with Crippen LogP contribution in [-0.2, 0) is 0 Å². The molecule has 45 heavy (non-hydrogen) atoms. The SMILES string of the molecule is c1ccc(-n2c(-c3ccccn3)nc3cc(-c4c5ccccc5c(-c5ccc6ccccc6c5)c5ccccc45)ccc32)cc1. The normalized spacial score (nSPS) is 11.6. The molecular formula is C42H27N3. The summed E-state index contributed by atoms with van der Waals surface area (Å²) in [4.78, 5) is 9.87. The van der Waals surface area contributed by atoms with Crippen LogP contribution in [0.15, 0.2) is 164 Å². The Morgan fingerprint density at radius 3 is 1.69 bits per heavy atom. The molecule has 0 saturated heterocycles. The van der Waals surface area contributed by atoms with Gasteiger partial charge in [-0.1, -0.05) is 115 Å². The van der Waals surface area contributed by atoms with E-state index in [1.54, 1.807) is 0 Å². The van der Waals surface area contributed by atoms with E-state index in [1.807, 2.05) is 30.5 Å². The van der Waals surface area contributed by atoms with Crippen molar-refractivity contribution in [1.82, 2.24) is 14.5 Å². The highest BCUT2D eigenvalue weighted by Gasteiger charge is 2.19. The van der Waals surface area contributed by atoms with Gasteiger partial charge >= 0.3 is 0 Å². The minimum atomic E-state index is 0.829. The van der Waals surface area contributed by atoms with Crippen LogP contribution < -0.4 is 0 Å². The van der Waals surface area contributed by atoms with Crippen LogP contribution in [0.25, 0.3) is 82.8 Å². The second-order valence-corrected chi connectivity index (χ2v) is 11.4. The van der Waals surface area contributed by atoms with Crippen LogP contribution in [-0.4, -0.2) is 14.5 Å². The zero-order valence-electron chi connectivity index (χ0n) is 24.4. The molecule has 7 aromatic carbocycles. The van der Waals surface area contributed by atoms with E-state index in [0.29, 0.717) is 0 Å². The minimum Gasteiger partial charge on any atom is -0.291 e. The van der Waals surface area contributed by atoms with Gasteiger partial charge in [-0.2, -0.15) is 0 Å². The summed E-state index contributed by atoms with van der Waals surface area (Å²) in [6, 6.07) is 56.1. The summed E-state index contributed by atoms with van der Waals surface area (Å²) in [6.45, 7) is 0. The second-order valence-electron chi connectivity index (χ2n) is 11.4. The standard InChI is InChI=1S/C42H27N3/c1-2-14-32(15-3-1)45-39-24-23-31(27-38(39)44-42(45)37-20-10-11-25-43-37)41-35-18-8-6-16-33(35)40(34-17-7-9-19-36(34)41)30-22-21-28-12-4-5-13-29(28)26-30/h1-27H. The molecule has 0 amide bonds. The minimum absolute atomic E-state index is 0.829. The van der Waals surface area contributed by atoms with Gasteiger partial charge in [-0.3, -0.25) is 9.55 Å². The summed E-state index contributed by atoms with van der Waals surface area (Å²) >= 11 is 0. The van der Waals surface area contributed by atoms with Crippen molar-refractivity contribution in [3.05, 3.63) is 164 Å². The largest absolute Gasteiger partial charge is 0.291 e. The van der Waals surface area contributed by atoms with E-state index in [9.17, 15) is 0 Å². The Hall–Kier alpha value is -6.06. The number of imidazole rings is 1. The molecule has 0 aliphatic carbocycles. The van der Waals surface area contributed by atoms with Crippen LogP contribution in [0.4, 0.5) is 0 Å². The molecule has 0 spiro atoms. The number of hydrogen-bond donors (Lipinski definition) is 0. The summed E-state index contributed by atoms with van der Waals surface area (Å²) in [5, 5.41) is 7.43. The first-order chi connectivity index (χ1) is 22.3. The van der Waals surface area contributed by atoms with Crippen LogP contribution in [0.1, 0.15) is 0 Å². The van der Waals surface area contributed by atoms with Crippen molar-refractivity contribution in [1.29, 1.82) is 0 Å². The number of nitrogens with zero attached hydrogens (tertiary/aromatic N) is 3. The number of para-hydroxylation sites is 1. The molecule has 0 fully saturated rings. The van der Waals surface area contributed by atoms with Gasteiger partial charge in [0.15, 0.2) is 5.82 Å². The Kier molecular flexibility index (Phi) is 5.82. The van der Waals surface area contributed by atoms with Crippen molar-refractivity contribution >= 4 is 43.4 Å². The van der Waals surface area contributed by atoms with E-state index in [2.05, 4.69) is 143 Å². The maximum atomic E-state index is 5.20. The van der Waals surface area contributed by atoms with Crippen molar-refractivity contribution < 1.29 is 0 Å². The molecule has 3 heteroatoms. The molecule has 0 saturated carbocycles. The zero-order chi connectivity index (χ0) is 29.7. The predicted molar refractivity (Wildman–Crippen MR) is 188 cm³/mol. The van der Waals surface area contributed by atoms with Crippen LogP contribution in [0.5, 0.6) is 0 Å². The molecule has 210 valence electrons. The van der Waals surface area contributed by atoms with Gasteiger partial charge in [0.1, 0.15) is 5.69 Å². The molecule has 2 heterocycles. The molecule has 0 bridgehead atoms. The average Bonchev–Trinajstić information content (AvgIpc) is 3.50. The Balaban J connectivity index is 1.32. The highest BCUT2D eigenvalue weighted by Crippen LogP contribution is 2.44. The van der Waals surface area contributed by atoms with Gasteiger partial charge in [-0.05, 0) is 97.0 Å². The van der Waals surface area contributed by atoms with E-state index in [0.717, 1.165) is 33.8 Å². The van der Waals surface area contributed by atoms with Crippen molar-refractivity contribution in [3.63, 3.8) is 0 Å². The van der Waals surface area contributed by atoms with Crippen molar-refractivity contribution in [2.45, 2.75) is 0 Å². The van der Waals surface area contributed by atoms with E-state index in [-0.39, 0.29) is 0 Å². The first-order valence-corrected chi connectivity index (χ1v) is 15.3. The summed E-state index contributed by atoms with van der Waals surface area (Å²) < 4.78 is 2.21. The van der Waals surface area contributed by atoms with Crippen LogP contribution in [0.3, 0.4) is 0 Å². The molecule has 3 nitrogen and oxygen atoms in total. The third-order valence-corrected chi connectivity index (χ3v) is 8.82. The maximum absolute atomic E-state index is 5.20. The summed E-state index contributed by atoms with van der Waals surface area (Å²) in [6.07, 6.45) is 1.82. The van der Waals surface area contributed by atoms with Crippen molar-refractivity contribution in [2.24, 2.45) is 0 Å². The lowest BCUT2D eigenvalue weighted by Crippen LogP contribution is -1.98. The topological polar surface area (TPSA) is 30.7 Å². The highest BCUT2D eigenvalue weighted by molar-refractivity contribution is 6.22. The molecule has 0 aliphatic heterocycles. The molecule has 9 aromatic rings. The third-order valence-electron chi connectivity index (χ3n) is 8.82. The lowest BCUT2D eigenvalue weighted by Gasteiger charge is -2.18. The molecule has 0 aliphatic rings. The van der Waals surface area contributed by atoms with Gasteiger partial charge in [0.25, 0.3) is 0 Å². The second kappa shape index (κ2) is 10.3. The quantitative estimate of drug-likeness (QED) is 0.196. The van der Waals surface area contributed by atoms with E-state index >= 15 is 0 Å². The molecule has 9 rings (SSSR count). The van der Waals surface area contributed by atoms with Gasteiger partial charge in [0.05, 0.1) is 11.0 Å². The molecule has 2 aromatic heterocycles. The third kappa shape index (κ3) is 4.13. The first-order valence-electron chi connectivity index (χ1n) is 15.3. The molecule has 0 N–H and O–H groups in total.